The zero-order chi connectivity index (χ0) is 9.41. The van der Waals surface area contributed by atoms with Gasteiger partial charge in [-0.2, -0.15) is 13.2 Å². The molecule has 1 rings (SSSR count). The molecule has 0 amide bonds. The van der Waals surface area contributed by atoms with Gasteiger partial charge in [-0.05, 0) is 12.8 Å². The van der Waals surface area contributed by atoms with Crippen molar-refractivity contribution in [1.29, 1.82) is 0 Å². The highest BCUT2D eigenvalue weighted by Crippen LogP contribution is 2.40. The average molecular weight is 183 g/mol. The van der Waals surface area contributed by atoms with E-state index < -0.39 is 17.8 Å². The number of alkyl halides is 3. The number of aliphatic hydroxyl groups is 1. The summed E-state index contributed by atoms with van der Waals surface area (Å²) in [5.74, 6) is 0. The topological polar surface area (TPSA) is 46.2 Å². The smallest absolute Gasteiger partial charge is 0.379 e. The molecule has 12 heavy (non-hydrogen) atoms. The molecule has 0 bridgehead atoms. The van der Waals surface area contributed by atoms with Gasteiger partial charge >= 0.3 is 6.18 Å². The summed E-state index contributed by atoms with van der Waals surface area (Å²) >= 11 is 0. The summed E-state index contributed by atoms with van der Waals surface area (Å²) in [5, 5.41) is 9.23. The van der Waals surface area contributed by atoms with E-state index in [4.69, 9.17) is 5.73 Å². The standard InChI is InChI=1S/C7H12F3NO/c8-7(9,10)6(12)4-2-1-3-5(6)11/h5,12H,1-4,11H2/t5-,6-/m0/s1. The Morgan fingerprint density at radius 2 is 1.92 bits per heavy atom. The Labute approximate surface area is 68.6 Å². The third kappa shape index (κ3) is 1.43. The second-order valence-electron chi connectivity index (χ2n) is 3.27. The van der Waals surface area contributed by atoms with Gasteiger partial charge in [0.05, 0.1) is 0 Å². The number of rotatable bonds is 0. The summed E-state index contributed by atoms with van der Waals surface area (Å²) in [6.45, 7) is 0. The van der Waals surface area contributed by atoms with Gasteiger partial charge in [0.25, 0.3) is 0 Å². The van der Waals surface area contributed by atoms with Gasteiger partial charge in [0, 0.05) is 6.04 Å². The Kier molecular flexibility index (Phi) is 2.35. The molecule has 0 spiro atoms. The predicted molar refractivity (Wildman–Crippen MR) is 37.4 cm³/mol. The lowest BCUT2D eigenvalue weighted by atomic mass is 9.80. The van der Waals surface area contributed by atoms with E-state index in [1.54, 1.807) is 0 Å². The molecule has 1 fully saturated rings. The molecule has 2 nitrogen and oxygen atoms in total. The SMILES string of the molecule is N[C@H]1CCCC[C@@]1(O)C(F)(F)F. The molecule has 1 saturated carbocycles. The van der Waals surface area contributed by atoms with Gasteiger partial charge in [-0.25, -0.2) is 0 Å². The van der Waals surface area contributed by atoms with Crippen molar-refractivity contribution < 1.29 is 18.3 Å². The Hall–Kier alpha value is -0.290. The lowest BCUT2D eigenvalue weighted by molar-refractivity contribution is -0.275. The molecule has 3 N–H and O–H groups in total. The highest BCUT2D eigenvalue weighted by Gasteiger charge is 2.57. The maximum atomic E-state index is 12.2. The fraction of sp³-hybridized carbons (Fsp3) is 1.00. The summed E-state index contributed by atoms with van der Waals surface area (Å²) in [5.41, 5.74) is 2.58. The van der Waals surface area contributed by atoms with Crippen LogP contribution in [0.5, 0.6) is 0 Å². The quantitative estimate of drug-likeness (QED) is 0.592. The summed E-state index contributed by atoms with van der Waals surface area (Å²) in [7, 11) is 0. The summed E-state index contributed by atoms with van der Waals surface area (Å²) in [6.07, 6.45) is -3.55. The monoisotopic (exact) mass is 183 g/mol. The lowest BCUT2D eigenvalue weighted by Crippen LogP contribution is -2.59. The summed E-state index contributed by atoms with van der Waals surface area (Å²) in [4.78, 5) is 0. The maximum absolute atomic E-state index is 12.2. The molecule has 0 aliphatic heterocycles. The molecular formula is C7H12F3NO. The third-order valence-corrected chi connectivity index (χ3v) is 2.43. The van der Waals surface area contributed by atoms with Gasteiger partial charge < -0.3 is 10.8 Å². The first-order valence-corrected chi connectivity index (χ1v) is 3.92. The molecule has 1 aliphatic carbocycles. The summed E-state index contributed by atoms with van der Waals surface area (Å²) in [6, 6.07) is -1.16. The maximum Gasteiger partial charge on any atom is 0.418 e. The molecule has 0 radical (unpaired) electrons. The zero-order valence-electron chi connectivity index (χ0n) is 6.56. The van der Waals surface area contributed by atoms with Crippen LogP contribution in [0.3, 0.4) is 0 Å². The molecule has 0 heterocycles. The molecule has 72 valence electrons. The van der Waals surface area contributed by atoms with E-state index in [0.29, 0.717) is 12.8 Å². The minimum atomic E-state index is -4.59. The van der Waals surface area contributed by atoms with Gasteiger partial charge in [-0.1, -0.05) is 12.8 Å². The van der Waals surface area contributed by atoms with E-state index in [-0.39, 0.29) is 12.8 Å². The fourth-order valence-electron chi connectivity index (χ4n) is 1.53. The van der Waals surface area contributed by atoms with E-state index >= 15 is 0 Å². The Morgan fingerprint density at radius 1 is 1.33 bits per heavy atom. The van der Waals surface area contributed by atoms with Crippen LogP contribution in [0, 0.1) is 0 Å². The number of hydrogen-bond acceptors (Lipinski definition) is 2. The van der Waals surface area contributed by atoms with Crippen LogP contribution in [0.1, 0.15) is 25.7 Å². The molecule has 0 aromatic rings. The number of halogens is 3. The molecular weight excluding hydrogens is 171 g/mol. The van der Waals surface area contributed by atoms with Gasteiger partial charge in [-0.15, -0.1) is 0 Å². The van der Waals surface area contributed by atoms with E-state index in [1.807, 2.05) is 0 Å². The largest absolute Gasteiger partial charge is 0.418 e. The number of hydrogen-bond donors (Lipinski definition) is 2. The van der Waals surface area contributed by atoms with Crippen LogP contribution in [0.15, 0.2) is 0 Å². The van der Waals surface area contributed by atoms with Crippen LogP contribution < -0.4 is 5.73 Å². The van der Waals surface area contributed by atoms with Crippen molar-refractivity contribution in [3.63, 3.8) is 0 Å². The minimum absolute atomic E-state index is 0.246. The summed E-state index contributed by atoms with van der Waals surface area (Å²) < 4.78 is 36.7. The highest BCUT2D eigenvalue weighted by molar-refractivity contribution is 4.98. The van der Waals surface area contributed by atoms with Crippen LogP contribution in [0.2, 0.25) is 0 Å². The first-order chi connectivity index (χ1) is 5.38. The molecule has 0 unspecified atom stereocenters. The lowest BCUT2D eigenvalue weighted by Gasteiger charge is -2.38. The molecule has 1 aliphatic rings. The third-order valence-electron chi connectivity index (χ3n) is 2.43. The Bertz CT molecular complexity index is 171. The van der Waals surface area contributed by atoms with E-state index in [9.17, 15) is 18.3 Å². The van der Waals surface area contributed by atoms with Crippen molar-refractivity contribution >= 4 is 0 Å². The van der Waals surface area contributed by atoms with Crippen molar-refractivity contribution in [3.05, 3.63) is 0 Å². The minimum Gasteiger partial charge on any atom is -0.379 e. The molecule has 5 heteroatoms. The van der Waals surface area contributed by atoms with Gasteiger partial charge in [0.15, 0.2) is 5.60 Å². The predicted octanol–water partition coefficient (Wildman–Crippen LogP) is 1.18. The van der Waals surface area contributed by atoms with Crippen LogP contribution >= 0.6 is 0 Å². The van der Waals surface area contributed by atoms with Crippen molar-refractivity contribution in [2.24, 2.45) is 5.73 Å². The fourth-order valence-corrected chi connectivity index (χ4v) is 1.53. The Morgan fingerprint density at radius 3 is 2.25 bits per heavy atom. The second kappa shape index (κ2) is 2.88. The average Bonchev–Trinajstić information content (AvgIpc) is 1.93. The second-order valence-corrected chi connectivity index (χ2v) is 3.27. The van der Waals surface area contributed by atoms with Gasteiger partial charge in [0.2, 0.25) is 0 Å². The molecule has 0 saturated heterocycles. The molecule has 2 atom stereocenters. The van der Waals surface area contributed by atoms with Crippen LogP contribution in [-0.2, 0) is 0 Å². The van der Waals surface area contributed by atoms with Crippen molar-refractivity contribution in [1.82, 2.24) is 0 Å². The van der Waals surface area contributed by atoms with Gasteiger partial charge in [0.1, 0.15) is 0 Å². The van der Waals surface area contributed by atoms with Gasteiger partial charge in [-0.3, -0.25) is 0 Å². The normalized spacial score (nSPS) is 38.2. The molecule has 0 aromatic carbocycles. The van der Waals surface area contributed by atoms with E-state index in [2.05, 4.69) is 0 Å². The van der Waals surface area contributed by atoms with Crippen molar-refractivity contribution in [3.8, 4) is 0 Å². The van der Waals surface area contributed by atoms with Crippen molar-refractivity contribution in [2.75, 3.05) is 0 Å². The molecule has 0 aromatic heterocycles. The van der Waals surface area contributed by atoms with E-state index in [0.717, 1.165) is 0 Å². The first-order valence-electron chi connectivity index (χ1n) is 3.92. The zero-order valence-corrected chi connectivity index (χ0v) is 6.56. The van der Waals surface area contributed by atoms with Crippen LogP contribution in [-0.4, -0.2) is 22.9 Å². The first kappa shape index (κ1) is 9.80. The Balaban J connectivity index is 2.79. The van der Waals surface area contributed by atoms with Crippen LogP contribution in [0.25, 0.3) is 0 Å². The highest BCUT2D eigenvalue weighted by atomic mass is 19.4. The van der Waals surface area contributed by atoms with Crippen LogP contribution in [0.4, 0.5) is 13.2 Å². The number of nitrogens with two attached hydrogens (primary N) is 1. The van der Waals surface area contributed by atoms with E-state index in [1.165, 1.54) is 0 Å². The van der Waals surface area contributed by atoms with Crippen molar-refractivity contribution in [2.45, 2.75) is 43.5 Å².